The molecule has 26 heavy (non-hydrogen) atoms. The van der Waals surface area contributed by atoms with Gasteiger partial charge in [0.25, 0.3) is 5.78 Å². The van der Waals surface area contributed by atoms with Crippen molar-refractivity contribution in [2.75, 3.05) is 0 Å². The van der Waals surface area contributed by atoms with Crippen molar-refractivity contribution in [2.45, 2.75) is 13.8 Å². The van der Waals surface area contributed by atoms with Gasteiger partial charge in [-0.2, -0.15) is 10.1 Å². The number of hydrogen-bond donors (Lipinski definition) is 1. The van der Waals surface area contributed by atoms with Crippen LogP contribution in [0.5, 0.6) is 0 Å². The highest BCUT2D eigenvalue weighted by atomic mass is 16.2. The van der Waals surface area contributed by atoms with Crippen LogP contribution in [0.4, 0.5) is 0 Å². The normalized spacial score (nSPS) is 11.5. The number of carbonyl (C=O) groups is 1. The molecule has 4 aromatic rings. The second-order valence-electron chi connectivity index (χ2n) is 5.99. The molecular formula is C19H16N6O. The van der Waals surface area contributed by atoms with Gasteiger partial charge in [-0.3, -0.25) is 4.79 Å². The van der Waals surface area contributed by atoms with Crippen LogP contribution in [0.25, 0.3) is 16.6 Å². The van der Waals surface area contributed by atoms with Crippen molar-refractivity contribution in [3.63, 3.8) is 0 Å². The van der Waals surface area contributed by atoms with Crippen molar-refractivity contribution in [3.8, 4) is 0 Å². The molecule has 0 fully saturated rings. The van der Waals surface area contributed by atoms with Crippen molar-refractivity contribution in [2.24, 2.45) is 5.10 Å². The van der Waals surface area contributed by atoms with Crippen LogP contribution in [0.3, 0.4) is 0 Å². The monoisotopic (exact) mass is 344 g/mol. The molecule has 0 saturated carbocycles. The Labute approximate surface area is 149 Å². The molecule has 2 aromatic heterocycles. The third kappa shape index (κ3) is 3.02. The molecule has 0 unspecified atom stereocenters. The summed E-state index contributed by atoms with van der Waals surface area (Å²) in [7, 11) is 0. The van der Waals surface area contributed by atoms with Gasteiger partial charge in [0.1, 0.15) is 0 Å². The molecule has 2 aromatic carbocycles. The largest absolute Gasteiger partial charge is 0.311 e. The Balaban J connectivity index is 1.52. The third-order valence-corrected chi connectivity index (χ3v) is 3.97. The summed E-state index contributed by atoms with van der Waals surface area (Å²) >= 11 is 0. The van der Waals surface area contributed by atoms with Crippen LogP contribution in [0.2, 0.25) is 0 Å². The van der Waals surface area contributed by atoms with Crippen molar-refractivity contribution < 1.29 is 4.79 Å². The number of rotatable bonds is 3. The molecule has 0 aliphatic rings. The highest BCUT2D eigenvalue weighted by Gasteiger charge is 2.14. The van der Waals surface area contributed by atoms with Gasteiger partial charge in [0, 0.05) is 11.4 Å². The molecule has 2 heterocycles. The molecule has 0 saturated heterocycles. The Morgan fingerprint density at radius 1 is 1.08 bits per heavy atom. The number of aryl methyl sites for hydroxylation is 2. The van der Waals surface area contributed by atoms with E-state index in [1.54, 1.807) is 6.21 Å². The van der Waals surface area contributed by atoms with Gasteiger partial charge < -0.3 is 0 Å². The van der Waals surface area contributed by atoms with Gasteiger partial charge in [-0.15, -0.1) is 5.10 Å². The molecule has 0 aliphatic heterocycles. The number of aromatic nitrogens is 4. The molecule has 0 atom stereocenters. The Bertz CT molecular complexity index is 1160. The summed E-state index contributed by atoms with van der Waals surface area (Å²) in [5, 5.41) is 10.4. The summed E-state index contributed by atoms with van der Waals surface area (Å²) in [4.78, 5) is 20.6. The fourth-order valence-corrected chi connectivity index (χ4v) is 2.77. The number of carbonyl (C=O) groups excluding carboxylic acids is 1. The lowest BCUT2D eigenvalue weighted by Crippen LogP contribution is -2.19. The van der Waals surface area contributed by atoms with E-state index in [2.05, 4.69) is 25.6 Å². The van der Waals surface area contributed by atoms with Gasteiger partial charge in [-0.1, -0.05) is 36.4 Å². The van der Waals surface area contributed by atoms with E-state index in [-0.39, 0.29) is 5.82 Å². The van der Waals surface area contributed by atoms with Gasteiger partial charge >= 0.3 is 5.91 Å². The fourth-order valence-electron chi connectivity index (χ4n) is 2.77. The van der Waals surface area contributed by atoms with E-state index in [0.29, 0.717) is 5.78 Å². The van der Waals surface area contributed by atoms with Crippen LogP contribution < -0.4 is 5.43 Å². The summed E-state index contributed by atoms with van der Waals surface area (Å²) in [6.45, 7) is 3.76. The highest BCUT2D eigenvalue weighted by Crippen LogP contribution is 2.14. The van der Waals surface area contributed by atoms with Crippen molar-refractivity contribution in [1.82, 2.24) is 25.0 Å². The number of hydrazone groups is 1. The lowest BCUT2D eigenvalue weighted by molar-refractivity contribution is 0.0945. The standard InChI is InChI=1S/C19H16N6O/c1-12-9-13(2)25-19(21-12)22-17(24-25)18(26)23-20-11-14-7-8-15-5-3-4-6-16(15)10-14/h3-11H,1-2H3,(H,23,26). The van der Waals surface area contributed by atoms with Gasteiger partial charge in [0.05, 0.1) is 6.21 Å². The Morgan fingerprint density at radius 2 is 1.88 bits per heavy atom. The first-order valence-electron chi connectivity index (χ1n) is 8.13. The lowest BCUT2D eigenvalue weighted by atomic mass is 10.1. The maximum atomic E-state index is 12.2. The molecule has 1 amide bonds. The van der Waals surface area contributed by atoms with Crippen LogP contribution in [0.15, 0.2) is 53.6 Å². The van der Waals surface area contributed by atoms with E-state index in [0.717, 1.165) is 27.7 Å². The van der Waals surface area contributed by atoms with Crippen LogP contribution in [0.1, 0.15) is 27.6 Å². The summed E-state index contributed by atoms with van der Waals surface area (Å²) in [5.74, 6) is -0.0578. The smallest absolute Gasteiger partial charge is 0.264 e. The van der Waals surface area contributed by atoms with Crippen molar-refractivity contribution in [3.05, 3.63) is 71.3 Å². The quantitative estimate of drug-likeness (QED) is 0.457. The molecule has 0 radical (unpaired) electrons. The van der Waals surface area contributed by atoms with Gasteiger partial charge in [0.15, 0.2) is 0 Å². The second kappa shape index (κ2) is 6.36. The van der Waals surface area contributed by atoms with E-state index in [4.69, 9.17) is 0 Å². The van der Waals surface area contributed by atoms with E-state index in [9.17, 15) is 4.79 Å². The number of amides is 1. The predicted octanol–water partition coefficient (Wildman–Crippen LogP) is 2.66. The average molecular weight is 344 g/mol. The lowest BCUT2D eigenvalue weighted by Gasteiger charge is -1.99. The summed E-state index contributed by atoms with van der Waals surface area (Å²) in [5.41, 5.74) is 5.03. The molecule has 7 nitrogen and oxygen atoms in total. The summed E-state index contributed by atoms with van der Waals surface area (Å²) in [6.07, 6.45) is 1.59. The van der Waals surface area contributed by atoms with E-state index in [1.165, 1.54) is 4.52 Å². The zero-order valence-corrected chi connectivity index (χ0v) is 14.3. The summed E-state index contributed by atoms with van der Waals surface area (Å²) in [6, 6.07) is 15.9. The van der Waals surface area contributed by atoms with Crippen molar-refractivity contribution in [1.29, 1.82) is 0 Å². The molecule has 7 heteroatoms. The summed E-state index contributed by atoms with van der Waals surface area (Å²) < 4.78 is 1.54. The predicted molar refractivity (Wildman–Crippen MR) is 99.3 cm³/mol. The Morgan fingerprint density at radius 3 is 2.73 bits per heavy atom. The van der Waals surface area contributed by atoms with Crippen LogP contribution in [-0.2, 0) is 0 Å². The van der Waals surface area contributed by atoms with E-state index in [1.807, 2.05) is 62.4 Å². The molecule has 4 rings (SSSR count). The zero-order chi connectivity index (χ0) is 18.1. The van der Waals surface area contributed by atoms with Crippen LogP contribution >= 0.6 is 0 Å². The fraction of sp³-hybridized carbons (Fsp3) is 0.105. The number of nitrogens with one attached hydrogen (secondary N) is 1. The minimum absolute atomic E-state index is 0.0295. The Kier molecular flexibility index (Phi) is 3.89. The maximum absolute atomic E-state index is 12.2. The van der Waals surface area contributed by atoms with E-state index >= 15 is 0 Å². The molecule has 0 bridgehead atoms. The minimum Gasteiger partial charge on any atom is -0.264 e. The molecular weight excluding hydrogens is 328 g/mol. The SMILES string of the molecule is Cc1cc(C)n2nc(C(=O)NN=Cc3ccc4ccccc4c3)nc2n1. The number of benzene rings is 2. The van der Waals surface area contributed by atoms with E-state index < -0.39 is 5.91 Å². The maximum Gasteiger partial charge on any atom is 0.311 e. The average Bonchev–Trinajstić information content (AvgIpc) is 3.06. The number of hydrogen-bond acceptors (Lipinski definition) is 5. The third-order valence-electron chi connectivity index (χ3n) is 3.97. The number of fused-ring (bicyclic) bond motifs is 2. The molecule has 0 aliphatic carbocycles. The second-order valence-corrected chi connectivity index (χ2v) is 5.99. The number of nitrogens with zero attached hydrogens (tertiary/aromatic N) is 5. The topological polar surface area (TPSA) is 84.5 Å². The van der Waals surface area contributed by atoms with Gasteiger partial charge in [-0.25, -0.2) is 14.9 Å². The molecule has 0 spiro atoms. The minimum atomic E-state index is -0.482. The van der Waals surface area contributed by atoms with Gasteiger partial charge in [-0.05, 0) is 42.3 Å². The first-order chi connectivity index (χ1) is 12.6. The first kappa shape index (κ1) is 15.9. The molecule has 128 valence electrons. The van der Waals surface area contributed by atoms with Gasteiger partial charge in [0.2, 0.25) is 5.82 Å². The zero-order valence-electron chi connectivity index (χ0n) is 14.3. The molecule has 1 N–H and O–H groups in total. The van der Waals surface area contributed by atoms with Crippen molar-refractivity contribution >= 4 is 28.7 Å². The Hall–Kier alpha value is -3.61. The van der Waals surface area contributed by atoms with Crippen LogP contribution in [0, 0.1) is 13.8 Å². The van der Waals surface area contributed by atoms with Crippen LogP contribution in [-0.4, -0.2) is 31.7 Å². The highest BCUT2D eigenvalue weighted by molar-refractivity contribution is 5.93. The first-order valence-corrected chi connectivity index (χ1v) is 8.13.